The summed E-state index contributed by atoms with van der Waals surface area (Å²) in [6.45, 7) is 2.99. The molecule has 1 unspecified atom stereocenters. The summed E-state index contributed by atoms with van der Waals surface area (Å²) in [6, 6.07) is 10.2. The standard InChI is InChI=1S/C16H22N2O2.ClH/c17-16(7-8-16)15(19)18-9-6-14(10-18)12-20-11-13-4-2-1-3-5-13;/h1-5,14H,6-12,17H2;1H. The number of rotatable bonds is 5. The molecule has 5 heteroatoms. The zero-order chi connectivity index (χ0) is 14.0. The normalized spacial score (nSPS) is 22.7. The van der Waals surface area contributed by atoms with Crippen LogP contribution in [0.1, 0.15) is 24.8 Å². The van der Waals surface area contributed by atoms with Gasteiger partial charge < -0.3 is 15.4 Å². The fourth-order valence-electron chi connectivity index (χ4n) is 2.73. The van der Waals surface area contributed by atoms with Crippen molar-refractivity contribution in [2.45, 2.75) is 31.4 Å². The molecule has 1 heterocycles. The van der Waals surface area contributed by atoms with Crippen molar-refractivity contribution in [3.05, 3.63) is 35.9 Å². The lowest BCUT2D eigenvalue weighted by Gasteiger charge is -2.20. The van der Waals surface area contributed by atoms with Gasteiger partial charge in [-0.1, -0.05) is 30.3 Å². The van der Waals surface area contributed by atoms with Crippen LogP contribution in [0.3, 0.4) is 0 Å². The molecule has 0 spiro atoms. The molecule has 1 atom stereocenters. The van der Waals surface area contributed by atoms with E-state index < -0.39 is 5.54 Å². The summed E-state index contributed by atoms with van der Waals surface area (Å²) in [5, 5.41) is 0. The van der Waals surface area contributed by atoms with Crippen molar-refractivity contribution in [2.75, 3.05) is 19.7 Å². The largest absolute Gasteiger partial charge is 0.376 e. The summed E-state index contributed by atoms with van der Waals surface area (Å²) in [7, 11) is 0. The van der Waals surface area contributed by atoms with Crippen LogP contribution >= 0.6 is 12.4 Å². The van der Waals surface area contributed by atoms with Crippen LogP contribution in [-0.4, -0.2) is 36.0 Å². The van der Waals surface area contributed by atoms with E-state index in [1.165, 1.54) is 5.56 Å². The van der Waals surface area contributed by atoms with E-state index in [9.17, 15) is 4.79 Å². The van der Waals surface area contributed by atoms with Crippen molar-refractivity contribution in [3.8, 4) is 0 Å². The predicted octanol–water partition coefficient (Wildman–Crippen LogP) is 1.96. The summed E-state index contributed by atoms with van der Waals surface area (Å²) in [5.41, 5.74) is 6.63. The van der Waals surface area contributed by atoms with Crippen molar-refractivity contribution in [2.24, 2.45) is 11.7 Å². The van der Waals surface area contributed by atoms with Gasteiger partial charge in [0.25, 0.3) is 0 Å². The third kappa shape index (κ3) is 3.96. The molecule has 1 aromatic carbocycles. The monoisotopic (exact) mass is 310 g/mol. The molecule has 1 aromatic rings. The van der Waals surface area contributed by atoms with Crippen LogP contribution in [-0.2, 0) is 16.1 Å². The zero-order valence-corrected chi connectivity index (χ0v) is 13.0. The molecular weight excluding hydrogens is 288 g/mol. The molecule has 0 bridgehead atoms. The minimum atomic E-state index is -0.528. The third-order valence-corrected chi connectivity index (χ3v) is 4.25. The highest BCUT2D eigenvalue weighted by molar-refractivity contribution is 5.89. The SMILES string of the molecule is Cl.NC1(C(=O)N2CCC(COCc3ccccc3)C2)CC1. The van der Waals surface area contributed by atoms with Gasteiger partial charge in [-0.25, -0.2) is 0 Å². The molecule has 1 aliphatic carbocycles. The lowest BCUT2D eigenvalue weighted by atomic mass is 10.1. The number of benzene rings is 1. The molecule has 4 nitrogen and oxygen atoms in total. The molecule has 2 N–H and O–H groups in total. The van der Waals surface area contributed by atoms with Crippen LogP contribution in [0, 0.1) is 5.92 Å². The van der Waals surface area contributed by atoms with Gasteiger partial charge in [-0.3, -0.25) is 4.79 Å². The molecule has 0 radical (unpaired) electrons. The van der Waals surface area contributed by atoms with E-state index in [-0.39, 0.29) is 18.3 Å². The minimum Gasteiger partial charge on any atom is -0.376 e. The Hall–Kier alpha value is -1.10. The van der Waals surface area contributed by atoms with Gasteiger partial charge in [-0.05, 0) is 24.8 Å². The summed E-state index contributed by atoms with van der Waals surface area (Å²) < 4.78 is 5.76. The average Bonchev–Trinajstić information content (AvgIpc) is 3.05. The van der Waals surface area contributed by atoms with E-state index in [0.717, 1.165) is 39.0 Å². The number of likely N-dealkylation sites (tertiary alicyclic amines) is 1. The maximum absolute atomic E-state index is 12.1. The third-order valence-electron chi connectivity index (χ3n) is 4.25. The number of nitrogens with zero attached hydrogens (tertiary/aromatic N) is 1. The van der Waals surface area contributed by atoms with Gasteiger partial charge in [0, 0.05) is 19.0 Å². The smallest absolute Gasteiger partial charge is 0.242 e. The average molecular weight is 311 g/mol. The highest BCUT2D eigenvalue weighted by Crippen LogP contribution is 2.35. The maximum Gasteiger partial charge on any atom is 0.242 e. The van der Waals surface area contributed by atoms with Crippen molar-refractivity contribution in [1.82, 2.24) is 4.90 Å². The molecule has 0 aromatic heterocycles. The van der Waals surface area contributed by atoms with Crippen LogP contribution < -0.4 is 5.73 Å². The van der Waals surface area contributed by atoms with Crippen LogP contribution in [0.15, 0.2) is 30.3 Å². The molecule has 2 aliphatic rings. The molecule has 1 saturated carbocycles. The Morgan fingerprint density at radius 3 is 2.71 bits per heavy atom. The first kappa shape index (κ1) is 16.3. The Bertz CT molecular complexity index is 476. The van der Waals surface area contributed by atoms with Crippen LogP contribution in [0.25, 0.3) is 0 Å². The number of halogens is 1. The molecule has 2 fully saturated rings. The Morgan fingerprint density at radius 2 is 2.05 bits per heavy atom. The fraction of sp³-hybridized carbons (Fsp3) is 0.562. The molecule has 116 valence electrons. The second-order valence-electron chi connectivity index (χ2n) is 6.06. The number of amides is 1. The van der Waals surface area contributed by atoms with Gasteiger partial charge in [0.05, 0.1) is 18.8 Å². The number of hydrogen-bond donors (Lipinski definition) is 1. The second kappa shape index (κ2) is 6.77. The van der Waals surface area contributed by atoms with Gasteiger partial charge in [0.15, 0.2) is 0 Å². The summed E-state index contributed by atoms with van der Waals surface area (Å²) in [4.78, 5) is 14.1. The van der Waals surface area contributed by atoms with E-state index in [1.54, 1.807) is 0 Å². The Balaban J connectivity index is 0.00000161. The summed E-state index contributed by atoms with van der Waals surface area (Å²) in [6.07, 6.45) is 2.71. The van der Waals surface area contributed by atoms with Gasteiger partial charge in [0.2, 0.25) is 5.91 Å². The molecule has 1 aliphatic heterocycles. The van der Waals surface area contributed by atoms with Crippen molar-refractivity contribution < 1.29 is 9.53 Å². The first-order valence-corrected chi connectivity index (χ1v) is 7.37. The highest BCUT2D eigenvalue weighted by atomic mass is 35.5. The van der Waals surface area contributed by atoms with Crippen LogP contribution in [0.2, 0.25) is 0 Å². The van der Waals surface area contributed by atoms with Gasteiger partial charge in [-0.15, -0.1) is 12.4 Å². The van der Waals surface area contributed by atoms with E-state index >= 15 is 0 Å². The number of nitrogens with two attached hydrogens (primary N) is 1. The molecule has 1 amide bonds. The quantitative estimate of drug-likeness (QED) is 0.904. The van der Waals surface area contributed by atoms with Crippen molar-refractivity contribution in [1.29, 1.82) is 0 Å². The Morgan fingerprint density at radius 1 is 1.33 bits per heavy atom. The van der Waals surface area contributed by atoms with E-state index in [0.29, 0.717) is 12.5 Å². The predicted molar refractivity (Wildman–Crippen MR) is 84.2 cm³/mol. The van der Waals surface area contributed by atoms with Crippen molar-refractivity contribution in [3.63, 3.8) is 0 Å². The Kier molecular flexibility index (Phi) is 5.25. The maximum atomic E-state index is 12.1. The molecule has 3 rings (SSSR count). The lowest BCUT2D eigenvalue weighted by molar-refractivity contribution is -0.132. The second-order valence-corrected chi connectivity index (χ2v) is 6.06. The van der Waals surface area contributed by atoms with Crippen LogP contribution in [0.5, 0.6) is 0 Å². The van der Waals surface area contributed by atoms with E-state index in [2.05, 4.69) is 12.1 Å². The molecular formula is C16H23ClN2O2. The minimum absolute atomic E-state index is 0. The molecule has 1 saturated heterocycles. The topological polar surface area (TPSA) is 55.6 Å². The zero-order valence-electron chi connectivity index (χ0n) is 12.2. The highest BCUT2D eigenvalue weighted by Gasteiger charge is 2.49. The van der Waals surface area contributed by atoms with Gasteiger partial charge >= 0.3 is 0 Å². The number of ether oxygens (including phenoxy) is 1. The fourth-order valence-corrected chi connectivity index (χ4v) is 2.73. The summed E-state index contributed by atoms with van der Waals surface area (Å²) in [5.74, 6) is 0.591. The number of carbonyl (C=O) groups is 1. The van der Waals surface area contributed by atoms with E-state index in [4.69, 9.17) is 10.5 Å². The first-order chi connectivity index (χ1) is 9.67. The van der Waals surface area contributed by atoms with Gasteiger partial charge in [0.1, 0.15) is 0 Å². The van der Waals surface area contributed by atoms with E-state index in [1.807, 2.05) is 23.1 Å². The summed E-state index contributed by atoms with van der Waals surface area (Å²) >= 11 is 0. The molecule has 21 heavy (non-hydrogen) atoms. The first-order valence-electron chi connectivity index (χ1n) is 7.37. The van der Waals surface area contributed by atoms with Crippen molar-refractivity contribution >= 4 is 18.3 Å². The lowest BCUT2D eigenvalue weighted by Crippen LogP contribution is -2.44. The number of carbonyl (C=O) groups excluding carboxylic acids is 1. The Labute approximate surface area is 132 Å². The van der Waals surface area contributed by atoms with Gasteiger partial charge in [-0.2, -0.15) is 0 Å². The number of hydrogen-bond acceptors (Lipinski definition) is 3. The van der Waals surface area contributed by atoms with Crippen LogP contribution in [0.4, 0.5) is 0 Å².